The summed E-state index contributed by atoms with van der Waals surface area (Å²) in [6.07, 6.45) is 5.28. The zero-order chi connectivity index (χ0) is 11.4. The van der Waals surface area contributed by atoms with Gasteiger partial charge in [0, 0.05) is 6.04 Å². The third kappa shape index (κ3) is 3.31. The number of hydrogen-bond acceptors (Lipinski definition) is 1. The van der Waals surface area contributed by atoms with Gasteiger partial charge in [0.05, 0.1) is 0 Å². The average Bonchev–Trinajstić information content (AvgIpc) is 3.09. The molecule has 0 saturated heterocycles. The Hall–Kier alpha value is -0.890. The molecule has 1 unspecified atom stereocenters. The Morgan fingerprint density at radius 3 is 2.56 bits per heavy atom. The van der Waals surface area contributed by atoms with Crippen molar-refractivity contribution >= 4 is 0 Å². The van der Waals surface area contributed by atoms with E-state index in [1.165, 1.54) is 31.2 Å². The van der Waals surface area contributed by atoms with Gasteiger partial charge in [-0.05, 0) is 43.0 Å². The van der Waals surface area contributed by atoms with Crippen LogP contribution < -0.4 is 5.32 Å². The molecule has 1 aromatic rings. The second-order valence-electron chi connectivity index (χ2n) is 4.68. The number of hydrogen-bond donors (Lipinski definition) is 1. The largest absolute Gasteiger partial charge is 0.310 e. The highest BCUT2D eigenvalue weighted by Crippen LogP contribution is 2.35. The molecule has 0 radical (unpaired) electrons. The van der Waals surface area contributed by atoms with Gasteiger partial charge in [0.1, 0.15) is 5.82 Å². The minimum atomic E-state index is -0.152. The van der Waals surface area contributed by atoms with E-state index in [0.29, 0.717) is 6.04 Å². The molecule has 0 heterocycles. The van der Waals surface area contributed by atoms with Gasteiger partial charge in [0.25, 0.3) is 0 Å². The van der Waals surface area contributed by atoms with Crippen LogP contribution >= 0.6 is 0 Å². The Balaban J connectivity index is 1.95. The number of rotatable bonds is 6. The predicted molar refractivity (Wildman–Crippen MR) is 64.8 cm³/mol. The van der Waals surface area contributed by atoms with Crippen molar-refractivity contribution < 1.29 is 4.39 Å². The monoisotopic (exact) mass is 221 g/mol. The summed E-state index contributed by atoms with van der Waals surface area (Å²) in [6, 6.07) is 7.30. The predicted octanol–water partition coefficient (Wildman–Crippen LogP) is 3.67. The average molecular weight is 221 g/mol. The number of benzene rings is 1. The van der Waals surface area contributed by atoms with Gasteiger partial charge in [-0.3, -0.25) is 0 Å². The van der Waals surface area contributed by atoms with Crippen LogP contribution in [0.4, 0.5) is 4.39 Å². The fraction of sp³-hybridized carbons (Fsp3) is 0.571. The first kappa shape index (κ1) is 11.6. The van der Waals surface area contributed by atoms with Crippen molar-refractivity contribution in [2.75, 3.05) is 6.54 Å². The zero-order valence-corrected chi connectivity index (χ0v) is 9.88. The van der Waals surface area contributed by atoms with E-state index in [1.807, 2.05) is 12.1 Å². The molecule has 1 saturated carbocycles. The van der Waals surface area contributed by atoms with E-state index in [4.69, 9.17) is 0 Å². The Morgan fingerprint density at radius 1 is 1.31 bits per heavy atom. The molecule has 0 aliphatic heterocycles. The summed E-state index contributed by atoms with van der Waals surface area (Å²) in [5.41, 5.74) is 1.21. The maximum Gasteiger partial charge on any atom is 0.123 e. The maximum atomic E-state index is 12.8. The summed E-state index contributed by atoms with van der Waals surface area (Å²) in [5, 5.41) is 3.48. The second-order valence-corrected chi connectivity index (χ2v) is 4.68. The highest BCUT2D eigenvalue weighted by Gasteiger charge is 2.22. The first-order chi connectivity index (χ1) is 7.79. The van der Waals surface area contributed by atoms with Gasteiger partial charge in [-0.25, -0.2) is 4.39 Å². The lowest BCUT2D eigenvalue weighted by Gasteiger charge is -2.18. The molecular formula is C14H20FN. The van der Waals surface area contributed by atoms with E-state index >= 15 is 0 Å². The minimum Gasteiger partial charge on any atom is -0.310 e. The molecule has 2 rings (SSSR count). The third-order valence-corrected chi connectivity index (χ3v) is 3.28. The summed E-state index contributed by atoms with van der Waals surface area (Å²) in [7, 11) is 0. The standard InChI is InChI=1S/C14H20FN/c1-2-16-14(10-5-11-3-4-11)12-6-8-13(15)9-7-12/h6-9,11,14,16H,2-5,10H2,1H3. The van der Waals surface area contributed by atoms with Gasteiger partial charge in [0.15, 0.2) is 0 Å². The van der Waals surface area contributed by atoms with Gasteiger partial charge in [-0.15, -0.1) is 0 Å². The maximum absolute atomic E-state index is 12.8. The summed E-state index contributed by atoms with van der Waals surface area (Å²) in [5.74, 6) is 0.808. The van der Waals surface area contributed by atoms with Gasteiger partial charge in [-0.1, -0.05) is 31.9 Å². The van der Waals surface area contributed by atoms with E-state index in [2.05, 4.69) is 12.2 Å². The molecule has 16 heavy (non-hydrogen) atoms. The molecule has 1 fully saturated rings. The van der Waals surface area contributed by atoms with Crippen molar-refractivity contribution in [2.45, 2.75) is 38.6 Å². The smallest absolute Gasteiger partial charge is 0.123 e. The Kier molecular flexibility index (Phi) is 3.94. The van der Waals surface area contributed by atoms with Crippen molar-refractivity contribution in [3.05, 3.63) is 35.6 Å². The molecule has 1 aliphatic carbocycles. The van der Waals surface area contributed by atoms with Crippen molar-refractivity contribution in [1.82, 2.24) is 5.32 Å². The number of nitrogens with one attached hydrogen (secondary N) is 1. The van der Waals surface area contributed by atoms with Gasteiger partial charge < -0.3 is 5.32 Å². The van der Waals surface area contributed by atoms with Gasteiger partial charge in [-0.2, -0.15) is 0 Å². The lowest BCUT2D eigenvalue weighted by atomic mass is 10.0. The third-order valence-electron chi connectivity index (χ3n) is 3.28. The zero-order valence-electron chi connectivity index (χ0n) is 9.88. The van der Waals surface area contributed by atoms with E-state index in [0.717, 1.165) is 12.5 Å². The molecule has 88 valence electrons. The van der Waals surface area contributed by atoms with Crippen LogP contribution in [0, 0.1) is 11.7 Å². The minimum absolute atomic E-state index is 0.152. The lowest BCUT2D eigenvalue weighted by molar-refractivity contribution is 0.481. The second kappa shape index (κ2) is 5.44. The van der Waals surface area contributed by atoms with Crippen LogP contribution in [0.2, 0.25) is 0 Å². The van der Waals surface area contributed by atoms with E-state index < -0.39 is 0 Å². The summed E-state index contributed by atoms with van der Waals surface area (Å²) >= 11 is 0. The van der Waals surface area contributed by atoms with Crippen molar-refractivity contribution in [1.29, 1.82) is 0 Å². The Labute approximate surface area is 97.1 Å². The van der Waals surface area contributed by atoms with Crippen LogP contribution in [0.3, 0.4) is 0 Å². The molecule has 0 spiro atoms. The Morgan fingerprint density at radius 2 is 2.00 bits per heavy atom. The highest BCUT2D eigenvalue weighted by molar-refractivity contribution is 5.19. The molecule has 1 N–H and O–H groups in total. The van der Waals surface area contributed by atoms with Crippen LogP contribution in [-0.2, 0) is 0 Å². The van der Waals surface area contributed by atoms with E-state index in [-0.39, 0.29) is 5.82 Å². The normalized spacial score (nSPS) is 17.4. The van der Waals surface area contributed by atoms with Gasteiger partial charge in [0.2, 0.25) is 0 Å². The quantitative estimate of drug-likeness (QED) is 0.773. The molecule has 0 amide bonds. The first-order valence-corrected chi connectivity index (χ1v) is 6.28. The molecule has 0 aromatic heterocycles. The molecule has 1 atom stereocenters. The fourth-order valence-corrected chi connectivity index (χ4v) is 2.14. The molecule has 1 aliphatic rings. The lowest BCUT2D eigenvalue weighted by Crippen LogP contribution is -2.21. The molecule has 0 bridgehead atoms. The van der Waals surface area contributed by atoms with Crippen LogP contribution in [-0.4, -0.2) is 6.54 Å². The topological polar surface area (TPSA) is 12.0 Å². The molecule has 2 heteroatoms. The molecule has 1 nitrogen and oxygen atoms in total. The van der Waals surface area contributed by atoms with Crippen molar-refractivity contribution in [2.24, 2.45) is 5.92 Å². The van der Waals surface area contributed by atoms with E-state index in [1.54, 1.807) is 12.1 Å². The van der Waals surface area contributed by atoms with Gasteiger partial charge >= 0.3 is 0 Å². The highest BCUT2D eigenvalue weighted by atomic mass is 19.1. The SMILES string of the molecule is CCNC(CCC1CC1)c1ccc(F)cc1. The van der Waals surface area contributed by atoms with Crippen LogP contribution in [0.5, 0.6) is 0 Å². The van der Waals surface area contributed by atoms with Crippen LogP contribution in [0.1, 0.15) is 44.2 Å². The summed E-state index contributed by atoms with van der Waals surface area (Å²) < 4.78 is 12.8. The van der Waals surface area contributed by atoms with E-state index in [9.17, 15) is 4.39 Å². The molecular weight excluding hydrogens is 201 g/mol. The summed E-state index contributed by atoms with van der Waals surface area (Å²) in [6.45, 7) is 3.08. The molecule has 1 aromatic carbocycles. The van der Waals surface area contributed by atoms with Crippen LogP contribution in [0.15, 0.2) is 24.3 Å². The van der Waals surface area contributed by atoms with Crippen molar-refractivity contribution in [3.63, 3.8) is 0 Å². The van der Waals surface area contributed by atoms with Crippen LogP contribution in [0.25, 0.3) is 0 Å². The first-order valence-electron chi connectivity index (χ1n) is 6.28. The summed E-state index contributed by atoms with van der Waals surface area (Å²) in [4.78, 5) is 0. The fourth-order valence-electron chi connectivity index (χ4n) is 2.14. The Bertz CT molecular complexity index is 316. The van der Waals surface area contributed by atoms with Crippen molar-refractivity contribution in [3.8, 4) is 0 Å². The number of halogens is 1.